The molecule has 0 aromatic heterocycles. The van der Waals surface area contributed by atoms with Gasteiger partial charge >= 0.3 is 0 Å². The van der Waals surface area contributed by atoms with Gasteiger partial charge in [0.2, 0.25) is 0 Å². The molecular formula is C13H15N3O3. The Morgan fingerprint density at radius 1 is 1.47 bits per heavy atom. The van der Waals surface area contributed by atoms with Gasteiger partial charge in [0.1, 0.15) is 11.6 Å². The smallest absolute Gasteiger partial charge is 0.287 e. The van der Waals surface area contributed by atoms with Gasteiger partial charge in [-0.2, -0.15) is 5.26 Å². The molecule has 1 aromatic carbocycles. The Bertz CT molecular complexity index is 516. The van der Waals surface area contributed by atoms with Gasteiger partial charge in [-0.15, -0.1) is 0 Å². The quantitative estimate of drug-likeness (QED) is 0.614. The van der Waals surface area contributed by atoms with Crippen molar-refractivity contribution in [3.8, 4) is 6.07 Å². The summed E-state index contributed by atoms with van der Waals surface area (Å²) in [4.78, 5) is 12.4. The van der Waals surface area contributed by atoms with Crippen LogP contribution in [0.5, 0.6) is 0 Å². The third kappa shape index (κ3) is 2.83. The number of hydrogen-bond acceptors (Lipinski definition) is 5. The highest BCUT2D eigenvalue weighted by atomic mass is 16.6. The predicted molar refractivity (Wildman–Crippen MR) is 70.1 cm³/mol. The SMILES string of the molecule is COC1CCN(c2ccc([N+](=O)[O-])c(C#N)c2)CC1. The first kappa shape index (κ1) is 13.3. The van der Waals surface area contributed by atoms with Crippen LogP contribution in [-0.2, 0) is 4.74 Å². The van der Waals surface area contributed by atoms with Crippen LogP contribution in [0.15, 0.2) is 18.2 Å². The molecule has 1 aliphatic rings. The van der Waals surface area contributed by atoms with Crippen molar-refractivity contribution in [2.75, 3.05) is 25.1 Å². The highest BCUT2D eigenvalue weighted by molar-refractivity contribution is 5.60. The van der Waals surface area contributed by atoms with Crippen LogP contribution in [-0.4, -0.2) is 31.2 Å². The summed E-state index contributed by atoms with van der Waals surface area (Å²) < 4.78 is 5.30. The van der Waals surface area contributed by atoms with E-state index in [1.807, 2.05) is 6.07 Å². The van der Waals surface area contributed by atoms with Crippen LogP contribution >= 0.6 is 0 Å². The highest BCUT2D eigenvalue weighted by Gasteiger charge is 2.21. The lowest BCUT2D eigenvalue weighted by molar-refractivity contribution is -0.385. The third-order valence-electron chi connectivity index (χ3n) is 3.44. The van der Waals surface area contributed by atoms with Crippen LogP contribution in [0.2, 0.25) is 0 Å². The maximum Gasteiger partial charge on any atom is 0.287 e. The molecule has 1 fully saturated rings. The number of methoxy groups -OCH3 is 1. The van der Waals surface area contributed by atoms with E-state index in [-0.39, 0.29) is 17.4 Å². The van der Waals surface area contributed by atoms with Gasteiger partial charge < -0.3 is 9.64 Å². The molecule has 1 aliphatic heterocycles. The Morgan fingerprint density at radius 2 is 2.16 bits per heavy atom. The second kappa shape index (κ2) is 5.67. The molecular weight excluding hydrogens is 246 g/mol. The largest absolute Gasteiger partial charge is 0.381 e. The van der Waals surface area contributed by atoms with Gasteiger partial charge in [0.25, 0.3) is 5.69 Å². The second-order valence-electron chi connectivity index (χ2n) is 4.49. The van der Waals surface area contributed by atoms with E-state index in [0.717, 1.165) is 31.6 Å². The summed E-state index contributed by atoms with van der Waals surface area (Å²) in [7, 11) is 1.71. The molecule has 0 spiro atoms. The van der Waals surface area contributed by atoms with Gasteiger partial charge in [-0.3, -0.25) is 10.1 Å². The van der Waals surface area contributed by atoms with Crippen LogP contribution in [0.25, 0.3) is 0 Å². The fourth-order valence-corrected chi connectivity index (χ4v) is 2.32. The number of hydrogen-bond donors (Lipinski definition) is 0. The number of benzene rings is 1. The summed E-state index contributed by atoms with van der Waals surface area (Å²) in [6.07, 6.45) is 2.13. The maximum atomic E-state index is 10.8. The highest BCUT2D eigenvalue weighted by Crippen LogP contribution is 2.26. The molecule has 1 aromatic rings. The van der Waals surface area contributed by atoms with Crippen molar-refractivity contribution < 1.29 is 9.66 Å². The van der Waals surface area contributed by atoms with Crippen LogP contribution in [0.3, 0.4) is 0 Å². The molecule has 6 nitrogen and oxygen atoms in total. The molecule has 1 heterocycles. The van der Waals surface area contributed by atoms with Crippen molar-refractivity contribution in [1.29, 1.82) is 5.26 Å². The number of piperidine rings is 1. The molecule has 0 bridgehead atoms. The lowest BCUT2D eigenvalue weighted by atomic mass is 10.1. The number of nitrogens with zero attached hydrogens (tertiary/aromatic N) is 3. The van der Waals surface area contributed by atoms with Crippen LogP contribution in [0.1, 0.15) is 18.4 Å². The van der Waals surface area contributed by atoms with Crippen molar-refractivity contribution in [1.82, 2.24) is 0 Å². The minimum absolute atomic E-state index is 0.108. The Balaban J connectivity index is 2.18. The van der Waals surface area contributed by atoms with Gasteiger partial charge in [0.15, 0.2) is 0 Å². The van der Waals surface area contributed by atoms with E-state index >= 15 is 0 Å². The normalized spacial score (nSPS) is 16.1. The van der Waals surface area contributed by atoms with E-state index in [1.54, 1.807) is 19.2 Å². The van der Waals surface area contributed by atoms with E-state index in [1.165, 1.54) is 6.07 Å². The first-order chi connectivity index (χ1) is 9.15. The number of nitriles is 1. The Kier molecular flexibility index (Phi) is 3.97. The molecule has 0 N–H and O–H groups in total. The lowest BCUT2D eigenvalue weighted by Crippen LogP contribution is -2.36. The number of nitro benzene ring substituents is 1. The van der Waals surface area contributed by atoms with Gasteiger partial charge in [-0.05, 0) is 25.0 Å². The van der Waals surface area contributed by atoms with Gasteiger partial charge in [-0.1, -0.05) is 0 Å². The van der Waals surface area contributed by atoms with E-state index < -0.39 is 4.92 Å². The van der Waals surface area contributed by atoms with Crippen molar-refractivity contribution in [2.45, 2.75) is 18.9 Å². The summed E-state index contributed by atoms with van der Waals surface area (Å²) in [6.45, 7) is 1.67. The van der Waals surface area contributed by atoms with E-state index in [4.69, 9.17) is 10.00 Å². The Labute approximate surface area is 111 Å². The van der Waals surface area contributed by atoms with Crippen molar-refractivity contribution >= 4 is 11.4 Å². The van der Waals surface area contributed by atoms with Crippen molar-refractivity contribution in [3.05, 3.63) is 33.9 Å². The number of anilines is 1. The van der Waals surface area contributed by atoms with E-state index in [0.29, 0.717) is 0 Å². The lowest BCUT2D eigenvalue weighted by Gasteiger charge is -2.32. The van der Waals surface area contributed by atoms with Crippen LogP contribution < -0.4 is 4.90 Å². The average molecular weight is 261 g/mol. The van der Waals surface area contributed by atoms with E-state index in [2.05, 4.69) is 4.90 Å². The average Bonchev–Trinajstić information content (AvgIpc) is 2.46. The topological polar surface area (TPSA) is 79.4 Å². The molecule has 2 rings (SSSR count). The maximum absolute atomic E-state index is 10.8. The zero-order valence-corrected chi connectivity index (χ0v) is 10.7. The van der Waals surface area contributed by atoms with Gasteiger partial charge in [-0.25, -0.2) is 0 Å². The summed E-state index contributed by atoms with van der Waals surface area (Å²) in [5.41, 5.74) is 0.825. The fourth-order valence-electron chi connectivity index (χ4n) is 2.32. The number of nitro groups is 1. The Hall–Kier alpha value is -2.13. The van der Waals surface area contributed by atoms with Crippen molar-refractivity contribution in [3.63, 3.8) is 0 Å². The van der Waals surface area contributed by atoms with Gasteiger partial charge in [0, 0.05) is 32.0 Å². The molecule has 0 unspecified atom stereocenters. The molecule has 1 saturated heterocycles. The molecule has 0 amide bonds. The van der Waals surface area contributed by atoms with Crippen LogP contribution in [0, 0.1) is 21.4 Å². The summed E-state index contributed by atoms with van der Waals surface area (Å²) >= 11 is 0. The molecule has 0 aliphatic carbocycles. The number of rotatable bonds is 3. The zero-order valence-electron chi connectivity index (χ0n) is 10.7. The monoisotopic (exact) mass is 261 g/mol. The third-order valence-corrected chi connectivity index (χ3v) is 3.44. The molecule has 6 heteroatoms. The molecule has 19 heavy (non-hydrogen) atoms. The first-order valence-electron chi connectivity index (χ1n) is 6.12. The molecule has 100 valence electrons. The number of ether oxygens (including phenoxy) is 1. The fraction of sp³-hybridized carbons (Fsp3) is 0.462. The second-order valence-corrected chi connectivity index (χ2v) is 4.49. The molecule has 0 saturated carbocycles. The summed E-state index contributed by atoms with van der Waals surface area (Å²) in [6, 6.07) is 6.57. The zero-order chi connectivity index (χ0) is 13.8. The minimum atomic E-state index is -0.528. The molecule has 0 radical (unpaired) electrons. The molecule has 0 atom stereocenters. The van der Waals surface area contributed by atoms with Gasteiger partial charge in [0.05, 0.1) is 11.0 Å². The standard InChI is InChI=1S/C13H15N3O3/c1-19-12-4-6-15(7-5-12)11-2-3-13(16(17)18)10(8-11)9-14/h2-3,8,12H,4-7H2,1H3. The Morgan fingerprint density at radius 3 is 2.68 bits per heavy atom. The summed E-state index contributed by atoms with van der Waals surface area (Å²) in [5.74, 6) is 0. The predicted octanol–water partition coefficient (Wildman–Crippen LogP) is 2.08. The minimum Gasteiger partial charge on any atom is -0.381 e. The van der Waals surface area contributed by atoms with Crippen LogP contribution in [0.4, 0.5) is 11.4 Å². The first-order valence-corrected chi connectivity index (χ1v) is 6.12. The van der Waals surface area contributed by atoms with Crippen molar-refractivity contribution in [2.24, 2.45) is 0 Å². The summed E-state index contributed by atoms with van der Waals surface area (Å²) in [5, 5.41) is 19.8. The van der Waals surface area contributed by atoms with E-state index in [9.17, 15) is 10.1 Å².